The number of carbonyl (C=O) groups excluding carboxylic acids is 1. The first-order valence-corrected chi connectivity index (χ1v) is 12.8. The van der Waals surface area contributed by atoms with Crippen molar-refractivity contribution in [2.75, 3.05) is 21.6 Å². The number of sulfonamides is 1. The molecule has 0 heterocycles. The van der Waals surface area contributed by atoms with Crippen LogP contribution in [0.3, 0.4) is 0 Å². The Hall–Kier alpha value is -2.48. The summed E-state index contributed by atoms with van der Waals surface area (Å²) >= 11 is 7.69. The molecule has 0 aliphatic carbocycles. The maximum Gasteiger partial charge on any atom is 0.255 e. The standard InChI is InChI=1S/C23H23ClN2O3S2/c1-3-30-22-10-5-4-9-21(22)25-23(27)18-13-11-17(12-14-18)16-26(31(2,28)29)20-8-6-7-19(24)15-20/h4-15H,3,16H2,1-2H3,(H,25,27). The first kappa shape index (κ1) is 23.2. The van der Waals surface area contributed by atoms with E-state index in [9.17, 15) is 13.2 Å². The molecule has 0 saturated heterocycles. The number of hydrogen-bond acceptors (Lipinski definition) is 4. The molecule has 1 N–H and O–H groups in total. The summed E-state index contributed by atoms with van der Waals surface area (Å²) in [5.41, 5.74) is 2.51. The third kappa shape index (κ3) is 6.26. The zero-order valence-electron chi connectivity index (χ0n) is 17.2. The van der Waals surface area contributed by atoms with E-state index in [1.807, 2.05) is 24.3 Å². The summed E-state index contributed by atoms with van der Waals surface area (Å²) in [5.74, 6) is 0.691. The predicted octanol–water partition coefficient (Wildman–Crippen LogP) is 5.67. The number of carbonyl (C=O) groups is 1. The van der Waals surface area contributed by atoms with Crippen LogP contribution in [0, 0.1) is 0 Å². The van der Waals surface area contributed by atoms with E-state index < -0.39 is 10.0 Å². The molecule has 3 rings (SSSR count). The first-order chi connectivity index (χ1) is 14.8. The van der Waals surface area contributed by atoms with Gasteiger partial charge in [0, 0.05) is 15.5 Å². The summed E-state index contributed by atoms with van der Waals surface area (Å²) in [6, 6.07) is 21.3. The Bertz CT molecular complexity index is 1170. The number of rotatable bonds is 8. The molecule has 3 aromatic rings. The van der Waals surface area contributed by atoms with Gasteiger partial charge in [0.1, 0.15) is 0 Å². The molecule has 0 radical (unpaired) electrons. The third-order valence-corrected chi connectivity index (χ3v) is 6.81. The fraction of sp³-hybridized carbons (Fsp3) is 0.174. The highest BCUT2D eigenvalue weighted by molar-refractivity contribution is 7.99. The van der Waals surface area contributed by atoms with Gasteiger partial charge in [-0.3, -0.25) is 9.10 Å². The molecule has 0 bridgehead atoms. The molecule has 0 aliphatic heterocycles. The van der Waals surface area contributed by atoms with Crippen LogP contribution in [0.5, 0.6) is 0 Å². The van der Waals surface area contributed by atoms with Crippen molar-refractivity contribution >= 4 is 50.7 Å². The van der Waals surface area contributed by atoms with Crippen LogP contribution in [0.1, 0.15) is 22.8 Å². The lowest BCUT2D eigenvalue weighted by Crippen LogP contribution is -2.29. The van der Waals surface area contributed by atoms with Gasteiger partial charge in [0.05, 0.1) is 24.2 Å². The summed E-state index contributed by atoms with van der Waals surface area (Å²) < 4.78 is 25.9. The number of nitrogens with zero attached hydrogens (tertiary/aromatic N) is 1. The van der Waals surface area contributed by atoms with Crippen LogP contribution in [0.15, 0.2) is 77.7 Å². The van der Waals surface area contributed by atoms with Gasteiger partial charge in [0.15, 0.2) is 0 Å². The van der Waals surface area contributed by atoms with E-state index in [2.05, 4.69) is 12.2 Å². The van der Waals surface area contributed by atoms with Crippen LogP contribution >= 0.6 is 23.4 Å². The average molecular weight is 475 g/mol. The summed E-state index contributed by atoms with van der Waals surface area (Å²) in [7, 11) is -3.52. The van der Waals surface area contributed by atoms with Crippen molar-refractivity contribution in [3.8, 4) is 0 Å². The molecule has 5 nitrogen and oxygen atoms in total. The van der Waals surface area contributed by atoms with Gasteiger partial charge in [-0.1, -0.05) is 48.9 Å². The van der Waals surface area contributed by atoms with E-state index in [-0.39, 0.29) is 12.5 Å². The Morgan fingerprint density at radius 3 is 2.39 bits per heavy atom. The molecule has 0 unspecified atom stereocenters. The lowest BCUT2D eigenvalue weighted by molar-refractivity contribution is 0.102. The second-order valence-corrected chi connectivity index (χ2v) is 10.5. The van der Waals surface area contributed by atoms with Crippen LogP contribution in [0.2, 0.25) is 5.02 Å². The minimum Gasteiger partial charge on any atom is -0.321 e. The first-order valence-electron chi connectivity index (χ1n) is 9.63. The van der Waals surface area contributed by atoms with E-state index in [1.165, 1.54) is 4.31 Å². The smallest absolute Gasteiger partial charge is 0.255 e. The number of nitrogens with one attached hydrogen (secondary N) is 1. The second kappa shape index (κ2) is 10.2. The highest BCUT2D eigenvalue weighted by atomic mass is 35.5. The zero-order chi connectivity index (χ0) is 22.4. The highest BCUT2D eigenvalue weighted by Crippen LogP contribution is 2.27. The Morgan fingerprint density at radius 1 is 1.03 bits per heavy atom. The molecule has 1 amide bonds. The average Bonchev–Trinajstić information content (AvgIpc) is 2.73. The minimum absolute atomic E-state index is 0.136. The fourth-order valence-electron chi connectivity index (χ4n) is 3.00. The van der Waals surface area contributed by atoms with Crippen molar-refractivity contribution in [2.24, 2.45) is 0 Å². The maximum atomic E-state index is 12.7. The van der Waals surface area contributed by atoms with Crippen LogP contribution in [-0.2, 0) is 16.6 Å². The minimum atomic E-state index is -3.52. The SMILES string of the molecule is CCSc1ccccc1NC(=O)c1ccc(CN(c2cccc(Cl)c2)S(C)(=O)=O)cc1. The molecule has 0 aromatic heterocycles. The van der Waals surface area contributed by atoms with Gasteiger partial charge in [0.2, 0.25) is 10.0 Å². The number of thioether (sulfide) groups is 1. The lowest BCUT2D eigenvalue weighted by atomic mass is 10.1. The lowest BCUT2D eigenvalue weighted by Gasteiger charge is -2.22. The van der Waals surface area contributed by atoms with Crippen LogP contribution in [0.4, 0.5) is 11.4 Å². The Morgan fingerprint density at radius 2 is 1.74 bits per heavy atom. The molecule has 0 spiro atoms. The van der Waals surface area contributed by atoms with E-state index in [0.29, 0.717) is 16.3 Å². The van der Waals surface area contributed by atoms with Crippen molar-refractivity contribution in [2.45, 2.75) is 18.4 Å². The van der Waals surface area contributed by atoms with Gasteiger partial charge in [-0.05, 0) is 53.8 Å². The fourth-order valence-corrected chi connectivity index (χ4v) is 4.83. The molecule has 3 aromatic carbocycles. The van der Waals surface area contributed by atoms with Gasteiger partial charge < -0.3 is 5.32 Å². The van der Waals surface area contributed by atoms with Gasteiger partial charge in [-0.2, -0.15) is 0 Å². The quantitative estimate of drug-likeness (QED) is 0.427. The normalized spacial score (nSPS) is 11.2. The summed E-state index contributed by atoms with van der Waals surface area (Å²) in [5, 5.41) is 3.41. The van der Waals surface area contributed by atoms with E-state index in [4.69, 9.17) is 11.6 Å². The Kier molecular flexibility index (Phi) is 7.64. The van der Waals surface area contributed by atoms with Gasteiger partial charge in [0.25, 0.3) is 5.91 Å². The van der Waals surface area contributed by atoms with Gasteiger partial charge in [-0.15, -0.1) is 11.8 Å². The molecule has 8 heteroatoms. The predicted molar refractivity (Wildman–Crippen MR) is 130 cm³/mol. The maximum absolute atomic E-state index is 12.7. The van der Waals surface area contributed by atoms with Crippen LogP contribution in [-0.4, -0.2) is 26.3 Å². The molecule has 0 saturated carbocycles. The molecule has 0 aliphatic rings. The van der Waals surface area contributed by atoms with Crippen molar-refractivity contribution in [3.05, 3.63) is 88.9 Å². The van der Waals surface area contributed by atoms with Gasteiger partial charge in [-0.25, -0.2) is 8.42 Å². The summed E-state index contributed by atoms with van der Waals surface area (Å²) in [6.45, 7) is 2.20. The number of benzene rings is 3. The molecular weight excluding hydrogens is 452 g/mol. The van der Waals surface area contributed by atoms with Crippen molar-refractivity contribution < 1.29 is 13.2 Å². The molecular formula is C23H23ClN2O3S2. The Balaban J connectivity index is 1.77. The van der Waals surface area contributed by atoms with Crippen LogP contribution < -0.4 is 9.62 Å². The van der Waals surface area contributed by atoms with Gasteiger partial charge >= 0.3 is 0 Å². The number of para-hydroxylation sites is 1. The third-order valence-electron chi connectivity index (χ3n) is 4.47. The number of hydrogen-bond donors (Lipinski definition) is 1. The number of halogens is 1. The molecule has 0 atom stereocenters. The molecule has 31 heavy (non-hydrogen) atoms. The largest absolute Gasteiger partial charge is 0.321 e. The highest BCUT2D eigenvalue weighted by Gasteiger charge is 2.18. The zero-order valence-corrected chi connectivity index (χ0v) is 19.6. The summed E-state index contributed by atoms with van der Waals surface area (Å²) in [6.07, 6.45) is 1.15. The second-order valence-electron chi connectivity index (χ2n) is 6.83. The van der Waals surface area contributed by atoms with Crippen molar-refractivity contribution in [1.82, 2.24) is 0 Å². The summed E-state index contributed by atoms with van der Waals surface area (Å²) in [4.78, 5) is 13.7. The van der Waals surface area contributed by atoms with Crippen molar-refractivity contribution in [3.63, 3.8) is 0 Å². The van der Waals surface area contributed by atoms with E-state index in [0.717, 1.165) is 28.2 Å². The topological polar surface area (TPSA) is 66.5 Å². The van der Waals surface area contributed by atoms with Crippen LogP contribution in [0.25, 0.3) is 0 Å². The number of amides is 1. The van der Waals surface area contributed by atoms with Crippen molar-refractivity contribution in [1.29, 1.82) is 0 Å². The van der Waals surface area contributed by atoms with E-state index >= 15 is 0 Å². The monoisotopic (exact) mass is 474 g/mol. The molecule has 0 fully saturated rings. The van der Waals surface area contributed by atoms with E-state index in [1.54, 1.807) is 60.3 Å². The molecule has 162 valence electrons. The number of anilines is 2. The Labute approximate surface area is 192 Å².